The van der Waals surface area contributed by atoms with Crippen molar-refractivity contribution in [1.82, 2.24) is 5.32 Å². The highest BCUT2D eigenvalue weighted by atomic mass is 16.2. The Bertz CT molecular complexity index is 748. The van der Waals surface area contributed by atoms with Crippen LogP contribution in [0.5, 0.6) is 0 Å². The van der Waals surface area contributed by atoms with Gasteiger partial charge in [0.25, 0.3) is 0 Å². The maximum absolute atomic E-state index is 13.4. The standard InChI is InChI=1S/C24H34N2O2/c1-14(2)21(22(27)25-20-7-15(3)5-6-16(20)4)26-23(28)24-11-17-8-18(12-24)10-19(9-17)13-24/h5-7,14,17-19,21H,8-13H2,1-4H3,(H,25,27)(H,26,28)/t17?,18?,19?,21-,24?/m1/s1. The quantitative estimate of drug-likeness (QED) is 0.782. The molecule has 1 aromatic carbocycles. The first-order valence-electron chi connectivity index (χ1n) is 10.9. The van der Waals surface area contributed by atoms with Gasteiger partial charge in [-0.05, 0) is 93.2 Å². The van der Waals surface area contributed by atoms with E-state index in [0.717, 1.165) is 53.8 Å². The molecule has 4 bridgehead atoms. The third kappa shape index (κ3) is 3.58. The molecule has 4 saturated carbocycles. The molecule has 0 heterocycles. The second-order valence-corrected chi connectivity index (χ2v) is 10.2. The van der Waals surface area contributed by atoms with Crippen LogP contribution in [0.2, 0.25) is 0 Å². The Labute approximate surface area is 168 Å². The molecular weight excluding hydrogens is 348 g/mol. The zero-order valence-corrected chi connectivity index (χ0v) is 17.7. The van der Waals surface area contributed by atoms with Gasteiger partial charge in [0.1, 0.15) is 6.04 Å². The molecule has 4 fully saturated rings. The maximum Gasteiger partial charge on any atom is 0.247 e. The van der Waals surface area contributed by atoms with E-state index < -0.39 is 6.04 Å². The van der Waals surface area contributed by atoms with Crippen LogP contribution in [0.15, 0.2) is 18.2 Å². The summed E-state index contributed by atoms with van der Waals surface area (Å²) in [6, 6.07) is 5.55. The zero-order chi connectivity index (χ0) is 20.1. The minimum absolute atomic E-state index is 0.0444. The van der Waals surface area contributed by atoms with Gasteiger partial charge >= 0.3 is 0 Å². The van der Waals surface area contributed by atoms with Crippen LogP contribution in [-0.4, -0.2) is 17.9 Å². The van der Waals surface area contributed by atoms with Gasteiger partial charge in [-0.25, -0.2) is 0 Å². The summed E-state index contributed by atoms with van der Waals surface area (Å²) in [6.45, 7) is 8.03. The number of nitrogens with one attached hydrogen (secondary N) is 2. The van der Waals surface area contributed by atoms with Gasteiger partial charge in [-0.2, -0.15) is 0 Å². The number of hydrogen-bond acceptors (Lipinski definition) is 2. The molecule has 4 aliphatic rings. The number of hydrogen-bond donors (Lipinski definition) is 2. The van der Waals surface area contributed by atoms with Gasteiger partial charge in [0.15, 0.2) is 0 Å². The molecule has 0 unspecified atom stereocenters. The van der Waals surface area contributed by atoms with Gasteiger partial charge in [-0.1, -0.05) is 26.0 Å². The van der Waals surface area contributed by atoms with Crippen LogP contribution >= 0.6 is 0 Å². The van der Waals surface area contributed by atoms with Crippen LogP contribution in [0.1, 0.15) is 63.5 Å². The van der Waals surface area contributed by atoms with Crippen molar-refractivity contribution >= 4 is 17.5 Å². The van der Waals surface area contributed by atoms with Crippen molar-refractivity contribution in [3.05, 3.63) is 29.3 Å². The first-order chi connectivity index (χ1) is 13.3. The molecule has 1 aromatic rings. The Morgan fingerprint density at radius 2 is 1.57 bits per heavy atom. The van der Waals surface area contributed by atoms with Crippen LogP contribution in [-0.2, 0) is 9.59 Å². The Hall–Kier alpha value is -1.84. The molecular formula is C24H34N2O2. The van der Waals surface area contributed by atoms with E-state index in [0.29, 0.717) is 0 Å². The van der Waals surface area contributed by atoms with E-state index >= 15 is 0 Å². The molecule has 0 saturated heterocycles. The van der Waals surface area contributed by atoms with E-state index in [-0.39, 0.29) is 23.1 Å². The van der Waals surface area contributed by atoms with Crippen molar-refractivity contribution in [3.63, 3.8) is 0 Å². The Morgan fingerprint density at radius 3 is 2.11 bits per heavy atom. The van der Waals surface area contributed by atoms with Crippen molar-refractivity contribution in [2.24, 2.45) is 29.1 Å². The van der Waals surface area contributed by atoms with Crippen molar-refractivity contribution in [1.29, 1.82) is 0 Å². The topological polar surface area (TPSA) is 58.2 Å². The molecule has 0 aliphatic heterocycles. The second-order valence-electron chi connectivity index (χ2n) is 10.2. The minimum Gasteiger partial charge on any atom is -0.344 e. The van der Waals surface area contributed by atoms with Crippen molar-refractivity contribution in [2.45, 2.75) is 72.3 Å². The van der Waals surface area contributed by atoms with Crippen LogP contribution in [0.4, 0.5) is 5.69 Å². The summed E-state index contributed by atoms with van der Waals surface area (Å²) in [6.07, 6.45) is 7.00. The molecule has 4 heteroatoms. The fourth-order valence-corrected chi connectivity index (χ4v) is 6.30. The van der Waals surface area contributed by atoms with Crippen LogP contribution < -0.4 is 10.6 Å². The maximum atomic E-state index is 13.4. The lowest BCUT2D eigenvalue weighted by Gasteiger charge is -2.55. The van der Waals surface area contributed by atoms with E-state index in [9.17, 15) is 9.59 Å². The average molecular weight is 383 g/mol. The van der Waals surface area contributed by atoms with E-state index in [2.05, 4.69) is 10.6 Å². The number of anilines is 1. The van der Waals surface area contributed by atoms with Crippen molar-refractivity contribution < 1.29 is 9.59 Å². The minimum atomic E-state index is -0.500. The number of carbonyl (C=O) groups excluding carboxylic acids is 2. The molecule has 0 aromatic heterocycles. The molecule has 1 atom stereocenters. The lowest BCUT2D eigenvalue weighted by molar-refractivity contribution is -0.148. The highest BCUT2D eigenvalue weighted by molar-refractivity contribution is 5.98. The molecule has 2 amide bonds. The Balaban J connectivity index is 1.48. The Morgan fingerprint density at radius 1 is 1.00 bits per heavy atom. The molecule has 152 valence electrons. The number of aryl methyl sites for hydroxylation is 2. The van der Waals surface area contributed by atoms with Gasteiger partial charge in [-0.3, -0.25) is 9.59 Å². The van der Waals surface area contributed by atoms with Gasteiger partial charge < -0.3 is 10.6 Å². The molecule has 4 nitrogen and oxygen atoms in total. The molecule has 0 radical (unpaired) electrons. The average Bonchev–Trinajstić information content (AvgIpc) is 2.61. The lowest BCUT2D eigenvalue weighted by Crippen LogP contribution is -2.57. The normalized spacial score (nSPS) is 31.7. The lowest BCUT2D eigenvalue weighted by atomic mass is 9.49. The highest BCUT2D eigenvalue weighted by Gasteiger charge is 2.55. The van der Waals surface area contributed by atoms with E-state index in [1.807, 2.05) is 45.9 Å². The zero-order valence-electron chi connectivity index (χ0n) is 17.7. The number of amides is 2. The van der Waals surface area contributed by atoms with E-state index in [1.54, 1.807) is 0 Å². The molecule has 2 N–H and O–H groups in total. The summed E-state index contributed by atoms with van der Waals surface area (Å²) in [5.41, 5.74) is 2.76. The molecule has 0 spiro atoms. The molecule has 5 rings (SSSR count). The van der Waals surface area contributed by atoms with Crippen LogP contribution in [0, 0.1) is 42.9 Å². The van der Waals surface area contributed by atoms with Gasteiger partial charge in [0.05, 0.1) is 0 Å². The summed E-state index contributed by atoms with van der Waals surface area (Å²) in [7, 11) is 0. The van der Waals surface area contributed by atoms with Gasteiger partial charge in [-0.15, -0.1) is 0 Å². The third-order valence-corrected chi connectivity index (χ3v) is 7.41. The smallest absolute Gasteiger partial charge is 0.247 e. The van der Waals surface area contributed by atoms with Gasteiger partial charge in [0, 0.05) is 11.1 Å². The highest BCUT2D eigenvalue weighted by Crippen LogP contribution is 2.60. The summed E-state index contributed by atoms with van der Waals surface area (Å²) in [4.78, 5) is 26.5. The monoisotopic (exact) mass is 382 g/mol. The predicted octanol–water partition coefficient (Wildman–Crippen LogP) is 4.60. The van der Waals surface area contributed by atoms with Crippen molar-refractivity contribution in [3.8, 4) is 0 Å². The second kappa shape index (κ2) is 7.20. The number of rotatable bonds is 5. The van der Waals surface area contributed by atoms with Gasteiger partial charge in [0.2, 0.25) is 11.8 Å². The number of carbonyl (C=O) groups is 2. The Kier molecular flexibility index (Phi) is 5.01. The SMILES string of the molecule is Cc1ccc(C)c(NC(=O)[C@H](NC(=O)C23CC4CC(CC(C4)C2)C3)C(C)C)c1. The number of benzene rings is 1. The van der Waals surface area contributed by atoms with Crippen molar-refractivity contribution in [2.75, 3.05) is 5.32 Å². The fraction of sp³-hybridized carbons (Fsp3) is 0.667. The van der Waals surface area contributed by atoms with E-state index in [4.69, 9.17) is 0 Å². The molecule has 28 heavy (non-hydrogen) atoms. The largest absolute Gasteiger partial charge is 0.344 e. The van der Waals surface area contributed by atoms with E-state index in [1.165, 1.54) is 19.3 Å². The summed E-state index contributed by atoms with van der Waals surface area (Å²) >= 11 is 0. The van der Waals surface area contributed by atoms with Crippen LogP contribution in [0.3, 0.4) is 0 Å². The first kappa shape index (κ1) is 19.5. The first-order valence-corrected chi connectivity index (χ1v) is 10.9. The summed E-state index contributed by atoms with van der Waals surface area (Å²) in [5.74, 6) is 2.22. The summed E-state index contributed by atoms with van der Waals surface area (Å²) in [5, 5.41) is 6.23. The van der Waals surface area contributed by atoms with Crippen LogP contribution in [0.25, 0.3) is 0 Å². The fourth-order valence-electron chi connectivity index (χ4n) is 6.30. The molecule has 4 aliphatic carbocycles. The predicted molar refractivity (Wildman–Crippen MR) is 112 cm³/mol. The summed E-state index contributed by atoms with van der Waals surface area (Å²) < 4.78 is 0. The third-order valence-electron chi connectivity index (χ3n) is 7.41.